The molecular weight excluding hydrogens is 277 g/mol. The van der Waals surface area contributed by atoms with Crippen LogP contribution in [0.15, 0.2) is 42.5 Å². The first-order valence-electron chi connectivity index (χ1n) is 6.46. The Hall–Kier alpha value is -1.58. The number of hydrogen-bond donors (Lipinski definition) is 1. The number of rotatable bonds is 5. The van der Waals surface area contributed by atoms with Gasteiger partial charge in [0.2, 0.25) is 0 Å². The van der Waals surface area contributed by atoms with Crippen molar-refractivity contribution in [3.05, 3.63) is 64.4 Å². The number of aromatic hydroxyl groups is 1. The summed E-state index contributed by atoms with van der Waals surface area (Å²) < 4.78 is 13.7. The highest BCUT2D eigenvalue weighted by atomic mass is 35.5. The summed E-state index contributed by atoms with van der Waals surface area (Å²) in [6.45, 7) is 1.15. The molecule has 0 aliphatic rings. The topological polar surface area (TPSA) is 23.5 Å². The van der Waals surface area contributed by atoms with Crippen molar-refractivity contribution >= 4 is 11.6 Å². The number of hydrogen-bond acceptors (Lipinski definition) is 2. The molecule has 4 heteroatoms. The van der Waals surface area contributed by atoms with Gasteiger partial charge in [0, 0.05) is 23.7 Å². The van der Waals surface area contributed by atoms with Gasteiger partial charge in [-0.05, 0) is 37.2 Å². The van der Waals surface area contributed by atoms with Gasteiger partial charge in [-0.3, -0.25) is 0 Å². The van der Waals surface area contributed by atoms with Crippen molar-refractivity contribution in [2.75, 3.05) is 13.6 Å². The Balaban J connectivity index is 1.96. The van der Waals surface area contributed by atoms with Gasteiger partial charge >= 0.3 is 0 Å². The second kappa shape index (κ2) is 6.73. The van der Waals surface area contributed by atoms with Gasteiger partial charge in [-0.1, -0.05) is 35.9 Å². The number of phenols is 1. The average molecular weight is 294 g/mol. The van der Waals surface area contributed by atoms with Gasteiger partial charge in [0.05, 0.1) is 0 Å². The standard InChI is InChI=1S/C16H17ClFNO/c1-19(10-9-12-5-2-3-8-16(12)20)11-13-14(17)6-4-7-15(13)18/h2-8,20H,9-11H2,1H3. The molecule has 0 spiro atoms. The zero-order valence-electron chi connectivity index (χ0n) is 11.3. The van der Waals surface area contributed by atoms with Gasteiger partial charge in [-0.2, -0.15) is 0 Å². The van der Waals surface area contributed by atoms with Crippen LogP contribution in [0.2, 0.25) is 5.02 Å². The minimum absolute atomic E-state index is 0.285. The molecule has 0 fully saturated rings. The van der Waals surface area contributed by atoms with Crippen molar-refractivity contribution in [1.82, 2.24) is 4.90 Å². The van der Waals surface area contributed by atoms with Crippen molar-refractivity contribution in [2.45, 2.75) is 13.0 Å². The number of nitrogens with zero attached hydrogens (tertiary/aromatic N) is 1. The van der Waals surface area contributed by atoms with Crippen LogP contribution in [0.3, 0.4) is 0 Å². The Morgan fingerprint density at radius 1 is 1.15 bits per heavy atom. The number of para-hydroxylation sites is 1. The van der Waals surface area contributed by atoms with E-state index in [4.69, 9.17) is 11.6 Å². The van der Waals surface area contributed by atoms with E-state index in [-0.39, 0.29) is 5.82 Å². The van der Waals surface area contributed by atoms with Gasteiger partial charge < -0.3 is 10.0 Å². The third-order valence-electron chi connectivity index (χ3n) is 3.24. The minimum Gasteiger partial charge on any atom is -0.508 e. The summed E-state index contributed by atoms with van der Waals surface area (Å²) in [5.74, 6) is 0.0109. The lowest BCUT2D eigenvalue weighted by molar-refractivity contribution is 0.323. The summed E-state index contributed by atoms with van der Waals surface area (Å²) in [6, 6.07) is 11.9. The smallest absolute Gasteiger partial charge is 0.129 e. The van der Waals surface area contributed by atoms with Gasteiger partial charge in [0.15, 0.2) is 0 Å². The highest BCUT2D eigenvalue weighted by Crippen LogP contribution is 2.21. The highest BCUT2D eigenvalue weighted by molar-refractivity contribution is 6.31. The molecule has 0 heterocycles. The van der Waals surface area contributed by atoms with Crippen LogP contribution in [0.1, 0.15) is 11.1 Å². The molecule has 0 aliphatic carbocycles. The van der Waals surface area contributed by atoms with Gasteiger partial charge in [-0.15, -0.1) is 0 Å². The van der Waals surface area contributed by atoms with Crippen LogP contribution in [0.5, 0.6) is 5.75 Å². The van der Waals surface area contributed by atoms with Crippen LogP contribution in [-0.2, 0) is 13.0 Å². The lowest BCUT2D eigenvalue weighted by Crippen LogP contribution is -2.21. The zero-order chi connectivity index (χ0) is 14.5. The molecule has 0 bridgehead atoms. The largest absolute Gasteiger partial charge is 0.508 e. The summed E-state index contributed by atoms with van der Waals surface area (Å²) >= 11 is 6.01. The number of phenolic OH excluding ortho intramolecular Hbond substituents is 1. The predicted molar refractivity (Wildman–Crippen MR) is 79.6 cm³/mol. The fourth-order valence-electron chi connectivity index (χ4n) is 2.07. The molecule has 0 saturated heterocycles. The van der Waals surface area contributed by atoms with Gasteiger partial charge in [0.25, 0.3) is 0 Å². The molecule has 0 unspecified atom stereocenters. The van der Waals surface area contributed by atoms with Crippen LogP contribution in [0.4, 0.5) is 4.39 Å². The van der Waals surface area contributed by atoms with Crippen LogP contribution in [0, 0.1) is 5.82 Å². The zero-order valence-corrected chi connectivity index (χ0v) is 12.1. The van der Waals surface area contributed by atoms with Crippen molar-refractivity contribution < 1.29 is 9.50 Å². The molecule has 106 valence electrons. The SMILES string of the molecule is CN(CCc1ccccc1O)Cc1c(F)cccc1Cl. The molecule has 0 amide bonds. The van der Waals surface area contributed by atoms with Crippen molar-refractivity contribution in [3.8, 4) is 5.75 Å². The fourth-order valence-corrected chi connectivity index (χ4v) is 2.29. The minimum atomic E-state index is -0.285. The van der Waals surface area contributed by atoms with Gasteiger partial charge in [0.1, 0.15) is 11.6 Å². The Morgan fingerprint density at radius 3 is 2.60 bits per heavy atom. The molecule has 2 nitrogen and oxygen atoms in total. The maximum absolute atomic E-state index is 13.7. The predicted octanol–water partition coefficient (Wildman–Crippen LogP) is 3.86. The first kappa shape index (κ1) is 14.8. The Bertz CT molecular complexity index is 568. The molecule has 0 aromatic heterocycles. The molecule has 2 aromatic rings. The summed E-state index contributed by atoms with van der Waals surface area (Å²) in [4.78, 5) is 1.98. The first-order chi connectivity index (χ1) is 9.58. The van der Waals surface area contributed by atoms with Crippen molar-refractivity contribution in [2.24, 2.45) is 0 Å². The molecule has 2 rings (SSSR count). The number of halogens is 2. The lowest BCUT2D eigenvalue weighted by Gasteiger charge is -2.18. The maximum atomic E-state index is 13.7. The van der Waals surface area contributed by atoms with E-state index in [0.717, 1.165) is 5.56 Å². The average Bonchev–Trinajstić information content (AvgIpc) is 2.42. The van der Waals surface area contributed by atoms with E-state index >= 15 is 0 Å². The molecule has 0 aliphatic heterocycles. The van der Waals surface area contributed by atoms with Crippen LogP contribution < -0.4 is 0 Å². The third-order valence-corrected chi connectivity index (χ3v) is 3.60. The van der Waals surface area contributed by atoms with E-state index < -0.39 is 0 Å². The second-order valence-electron chi connectivity index (χ2n) is 4.82. The van der Waals surface area contributed by atoms with Crippen molar-refractivity contribution in [1.29, 1.82) is 0 Å². The monoisotopic (exact) mass is 293 g/mol. The van der Waals surface area contributed by atoms with E-state index in [1.165, 1.54) is 6.07 Å². The molecule has 20 heavy (non-hydrogen) atoms. The van der Waals surface area contributed by atoms with Gasteiger partial charge in [-0.25, -0.2) is 4.39 Å². The first-order valence-corrected chi connectivity index (χ1v) is 6.84. The van der Waals surface area contributed by atoms with Crippen molar-refractivity contribution in [3.63, 3.8) is 0 Å². The second-order valence-corrected chi connectivity index (χ2v) is 5.22. The summed E-state index contributed by atoms with van der Waals surface area (Å²) in [6.07, 6.45) is 0.704. The maximum Gasteiger partial charge on any atom is 0.129 e. The Labute approximate surface area is 123 Å². The summed E-state index contributed by atoms with van der Waals surface area (Å²) in [5.41, 5.74) is 1.40. The Morgan fingerprint density at radius 2 is 1.90 bits per heavy atom. The van der Waals surface area contributed by atoms with Crippen LogP contribution in [0.25, 0.3) is 0 Å². The molecule has 1 N–H and O–H groups in total. The molecule has 0 radical (unpaired) electrons. The number of likely N-dealkylation sites (N-methyl/N-ethyl adjacent to an activating group) is 1. The molecular formula is C16H17ClFNO. The lowest BCUT2D eigenvalue weighted by atomic mass is 10.1. The summed E-state index contributed by atoms with van der Waals surface area (Å²) in [7, 11) is 1.91. The van der Waals surface area contributed by atoms with E-state index in [1.54, 1.807) is 24.3 Å². The van der Waals surface area contributed by atoms with E-state index in [2.05, 4.69) is 0 Å². The van der Waals surface area contributed by atoms with E-state index in [0.29, 0.717) is 35.8 Å². The molecule has 2 aromatic carbocycles. The fraction of sp³-hybridized carbons (Fsp3) is 0.250. The quantitative estimate of drug-likeness (QED) is 0.905. The highest BCUT2D eigenvalue weighted by Gasteiger charge is 2.10. The van der Waals surface area contributed by atoms with E-state index in [9.17, 15) is 9.50 Å². The molecule has 0 atom stereocenters. The van der Waals surface area contributed by atoms with Crippen LogP contribution >= 0.6 is 11.6 Å². The normalized spacial score (nSPS) is 11.0. The third kappa shape index (κ3) is 3.71. The number of benzene rings is 2. The Kier molecular flexibility index (Phi) is 4.99. The molecule has 0 saturated carbocycles. The summed E-state index contributed by atoms with van der Waals surface area (Å²) in [5, 5.41) is 10.1. The van der Waals surface area contributed by atoms with Crippen LogP contribution in [-0.4, -0.2) is 23.6 Å². The van der Waals surface area contributed by atoms with E-state index in [1.807, 2.05) is 24.1 Å².